The number of thiophene rings is 1. The summed E-state index contributed by atoms with van der Waals surface area (Å²) in [7, 11) is 0. The lowest BCUT2D eigenvalue weighted by Crippen LogP contribution is -2.04. The molecule has 0 saturated carbocycles. The molecule has 0 atom stereocenters. The Morgan fingerprint density at radius 3 is 1.60 bits per heavy atom. The summed E-state index contributed by atoms with van der Waals surface area (Å²) in [6.07, 6.45) is 0. The highest BCUT2D eigenvalue weighted by Gasteiger charge is 2.22. The Kier molecular flexibility index (Phi) is 7.40. The Bertz CT molecular complexity index is 3370. The van der Waals surface area contributed by atoms with Crippen LogP contribution in [-0.4, -0.2) is 14.5 Å². The standard InChI is InChI=1S/C54H33N3S/c1-3-10-34(11-4-1)36-18-22-38(23-19-36)46-33-47(39-24-20-37(21-25-39)35-12-5-2-6-13-35)56-54(55-46)57-48-16-9-14-40-26-28-44-42(29-30-49(57)53(44)52(40)48)41-27-31-51-45(32-41)43-15-7-8-17-50(43)58-51/h1-33H. The maximum absolute atomic E-state index is 5.39. The quantitative estimate of drug-likeness (QED) is 0.158. The third-order valence-electron chi connectivity index (χ3n) is 11.6. The van der Waals surface area contributed by atoms with Crippen LogP contribution in [0.25, 0.3) is 115 Å². The lowest BCUT2D eigenvalue weighted by Gasteiger charge is -2.13. The molecule has 0 amide bonds. The molecule has 270 valence electrons. The largest absolute Gasteiger partial charge is 0.278 e. The first kappa shape index (κ1) is 32.8. The van der Waals surface area contributed by atoms with Gasteiger partial charge < -0.3 is 0 Å². The van der Waals surface area contributed by atoms with Gasteiger partial charge in [-0.1, -0.05) is 164 Å². The van der Waals surface area contributed by atoms with E-state index in [0.717, 1.165) is 33.5 Å². The molecule has 12 rings (SSSR count). The third kappa shape index (κ3) is 5.27. The normalized spacial score (nSPS) is 11.8. The molecule has 12 aromatic rings. The topological polar surface area (TPSA) is 30.7 Å². The summed E-state index contributed by atoms with van der Waals surface area (Å²) >= 11 is 1.86. The van der Waals surface area contributed by atoms with Gasteiger partial charge in [0.15, 0.2) is 0 Å². The van der Waals surface area contributed by atoms with E-state index >= 15 is 0 Å². The van der Waals surface area contributed by atoms with Crippen LogP contribution in [0.5, 0.6) is 0 Å². The fraction of sp³-hybridized carbons (Fsp3) is 0. The molecule has 3 aromatic heterocycles. The second-order valence-electron chi connectivity index (χ2n) is 15.0. The molecule has 0 fully saturated rings. The van der Waals surface area contributed by atoms with Crippen molar-refractivity contribution in [2.75, 3.05) is 0 Å². The Hall–Kier alpha value is -7.40. The molecule has 3 heterocycles. The molecule has 0 aliphatic carbocycles. The molecule has 0 aliphatic heterocycles. The van der Waals surface area contributed by atoms with E-state index in [0.29, 0.717) is 5.95 Å². The molecule has 0 N–H and O–H groups in total. The van der Waals surface area contributed by atoms with E-state index in [-0.39, 0.29) is 0 Å². The van der Waals surface area contributed by atoms with Crippen molar-refractivity contribution in [2.45, 2.75) is 0 Å². The van der Waals surface area contributed by atoms with Gasteiger partial charge in [0, 0.05) is 42.1 Å². The monoisotopic (exact) mass is 755 g/mol. The van der Waals surface area contributed by atoms with Crippen LogP contribution in [0, 0.1) is 0 Å². The van der Waals surface area contributed by atoms with Gasteiger partial charge in [-0.15, -0.1) is 11.3 Å². The molecular weight excluding hydrogens is 723 g/mol. The minimum atomic E-state index is 0.649. The maximum atomic E-state index is 5.39. The van der Waals surface area contributed by atoms with Gasteiger partial charge in [0.1, 0.15) is 0 Å². The predicted molar refractivity (Wildman–Crippen MR) is 245 cm³/mol. The van der Waals surface area contributed by atoms with Gasteiger partial charge in [0.25, 0.3) is 0 Å². The zero-order valence-electron chi connectivity index (χ0n) is 31.3. The number of nitrogens with zero attached hydrogens (tertiary/aromatic N) is 3. The van der Waals surface area contributed by atoms with Gasteiger partial charge >= 0.3 is 0 Å². The lowest BCUT2D eigenvalue weighted by atomic mass is 9.94. The van der Waals surface area contributed by atoms with Crippen LogP contribution in [0.15, 0.2) is 200 Å². The number of fused-ring (bicyclic) bond motifs is 3. The molecule has 0 saturated heterocycles. The van der Waals surface area contributed by atoms with E-state index in [1.807, 2.05) is 11.3 Å². The molecule has 58 heavy (non-hydrogen) atoms. The van der Waals surface area contributed by atoms with Crippen LogP contribution >= 0.6 is 11.3 Å². The third-order valence-corrected chi connectivity index (χ3v) is 12.8. The van der Waals surface area contributed by atoms with E-state index in [4.69, 9.17) is 9.97 Å². The Morgan fingerprint density at radius 2 is 0.914 bits per heavy atom. The summed E-state index contributed by atoms with van der Waals surface area (Å²) < 4.78 is 4.90. The zero-order valence-corrected chi connectivity index (χ0v) is 32.1. The zero-order chi connectivity index (χ0) is 38.2. The van der Waals surface area contributed by atoms with Crippen LogP contribution in [-0.2, 0) is 0 Å². The average molecular weight is 756 g/mol. The summed E-state index contributed by atoms with van der Waals surface area (Å²) in [6, 6.07) is 72.0. The van der Waals surface area contributed by atoms with E-state index in [2.05, 4.69) is 205 Å². The van der Waals surface area contributed by atoms with Crippen molar-refractivity contribution >= 4 is 64.1 Å². The Morgan fingerprint density at radius 1 is 0.345 bits per heavy atom. The second kappa shape index (κ2) is 13.1. The van der Waals surface area contributed by atoms with Crippen LogP contribution in [0.4, 0.5) is 0 Å². The smallest absolute Gasteiger partial charge is 0.235 e. The minimum Gasteiger partial charge on any atom is -0.278 e. The summed E-state index contributed by atoms with van der Waals surface area (Å²) in [5.41, 5.74) is 13.2. The van der Waals surface area contributed by atoms with E-state index < -0.39 is 0 Å². The van der Waals surface area contributed by atoms with Gasteiger partial charge in [0.05, 0.1) is 22.4 Å². The molecule has 0 unspecified atom stereocenters. The van der Waals surface area contributed by atoms with Gasteiger partial charge in [-0.25, -0.2) is 9.97 Å². The second-order valence-corrected chi connectivity index (χ2v) is 16.0. The molecule has 4 heteroatoms. The average Bonchev–Trinajstić information content (AvgIpc) is 3.85. The first-order chi connectivity index (χ1) is 28.7. The summed E-state index contributed by atoms with van der Waals surface area (Å²) in [5, 5.41) is 7.51. The summed E-state index contributed by atoms with van der Waals surface area (Å²) in [5.74, 6) is 0.649. The van der Waals surface area contributed by atoms with Crippen LogP contribution in [0.1, 0.15) is 0 Å². The number of aromatic nitrogens is 3. The summed E-state index contributed by atoms with van der Waals surface area (Å²) in [4.78, 5) is 10.8. The fourth-order valence-electron chi connectivity index (χ4n) is 8.81. The highest BCUT2D eigenvalue weighted by molar-refractivity contribution is 7.25. The number of benzene rings is 9. The molecule has 3 nitrogen and oxygen atoms in total. The fourth-order valence-corrected chi connectivity index (χ4v) is 9.89. The van der Waals surface area contributed by atoms with E-state index in [1.165, 1.54) is 75.1 Å². The van der Waals surface area contributed by atoms with Crippen molar-refractivity contribution in [3.8, 4) is 61.8 Å². The van der Waals surface area contributed by atoms with Crippen LogP contribution in [0.3, 0.4) is 0 Å². The SMILES string of the molecule is c1ccc(-c2ccc(-c3cc(-c4ccc(-c5ccccc5)cc4)nc(-n4c5cccc6ccc7c(-c8ccc9sc%10ccccc%10c9c8)ccc4c7c65)n3)cc2)cc1. The highest BCUT2D eigenvalue weighted by Crippen LogP contribution is 2.44. The molecule has 0 radical (unpaired) electrons. The molecule has 9 aromatic carbocycles. The van der Waals surface area contributed by atoms with Crippen molar-refractivity contribution in [1.82, 2.24) is 14.5 Å². The first-order valence-corrected chi connectivity index (χ1v) is 20.5. The lowest BCUT2D eigenvalue weighted by molar-refractivity contribution is 0.996. The van der Waals surface area contributed by atoms with Crippen molar-refractivity contribution in [2.24, 2.45) is 0 Å². The molecular formula is C54H33N3S. The minimum absolute atomic E-state index is 0.649. The number of hydrogen-bond acceptors (Lipinski definition) is 3. The van der Waals surface area contributed by atoms with Crippen molar-refractivity contribution in [3.05, 3.63) is 200 Å². The van der Waals surface area contributed by atoms with Gasteiger partial charge in [-0.05, 0) is 80.6 Å². The number of hydrogen-bond donors (Lipinski definition) is 0. The van der Waals surface area contributed by atoms with Gasteiger partial charge in [-0.3, -0.25) is 4.57 Å². The predicted octanol–water partition coefficient (Wildman–Crippen LogP) is 14.9. The van der Waals surface area contributed by atoms with Crippen LogP contribution in [0.2, 0.25) is 0 Å². The molecule has 0 bridgehead atoms. The molecule has 0 aliphatic rings. The van der Waals surface area contributed by atoms with E-state index in [1.54, 1.807) is 0 Å². The first-order valence-electron chi connectivity index (χ1n) is 19.6. The highest BCUT2D eigenvalue weighted by atomic mass is 32.1. The Balaban J connectivity index is 1.06. The van der Waals surface area contributed by atoms with Gasteiger partial charge in [0.2, 0.25) is 5.95 Å². The summed E-state index contributed by atoms with van der Waals surface area (Å²) in [6.45, 7) is 0. The Labute approximate surface area is 339 Å². The van der Waals surface area contributed by atoms with Crippen LogP contribution < -0.4 is 0 Å². The van der Waals surface area contributed by atoms with Crippen molar-refractivity contribution in [1.29, 1.82) is 0 Å². The van der Waals surface area contributed by atoms with Crippen molar-refractivity contribution < 1.29 is 0 Å². The van der Waals surface area contributed by atoms with E-state index in [9.17, 15) is 0 Å². The maximum Gasteiger partial charge on any atom is 0.235 e. The van der Waals surface area contributed by atoms with Crippen molar-refractivity contribution in [3.63, 3.8) is 0 Å². The van der Waals surface area contributed by atoms with Gasteiger partial charge in [-0.2, -0.15) is 0 Å². The molecule has 0 spiro atoms. The number of rotatable bonds is 6.